The molecule has 1 N–H and O–H groups in total. The number of nitrogens with one attached hydrogen (secondary N) is 1. The Labute approximate surface area is 138 Å². The summed E-state index contributed by atoms with van der Waals surface area (Å²) in [6.07, 6.45) is 1.63. The van der Waals surface area contributed by atoms with Gasteiger partial charge in [-0.1, -0.05) is 12.1 Å². The number of para-hydroxylation sites is 1. The molecule has 0 radical (unpaired) electrons. The number of aromatic amines is 1. The Kier molecular flexibility index (Phi) is 3.78. The molecule has 3 aromatic rings. The van der Waals surface area contributed by atoms with Gasteiger partial charge in [0.1, 0.15) is 11.1 Å². The molecule has 3 heterocycles. The third-order valence-corrected chi connectivity index (χ3v) is 4.26. The smallest absolute Gasteiger partial charge is 0.165 e. The van der Waals surface area contributed by atoms with Gasteiger partial charge < -0.3 is 14.5 Å². The zero-order valence-corrected chi connectivity index (χ0v) is 13.4. The Bertz CT molecular complexity index is 857. The van der Waals surface area contributed by atoms with Gasteiger partial charge >= 0.3 is 0 Å². The summed E-state index contributed by atoms with van der Waals surface area (Å²) in [5.74, 6) is 1.15. The number of rotatable bonds is 3. The molecule has 2 aromatic heterocycles. The lowest BCUT2D eigenvalue weighted by Crippen LogP contribution is -2.44. The zero-order chi connectivity index (χ0) is 16.5. The van der Waals surface area contributed by atoms with Gasteiger partial charge in [0.25, 0.3) is 0 Å². The van der Waals surface area contributed by atoms with Gasteiger partial charge in [-0.2, -0.15) is 5.10 Å². The third kappa shape index (κ3) is 2.67. The molecular formula is C17H18FN5O. The lowest BCUT2D eigenvalue weighted by atomic mass is 10.2. The number of hydrogen-bond acceptors (Lipinski definition) is 5. The van der Waals surface area contributed by atoms with Crippen molar-refractivity contribution in [2.75, 3.05) is 38.1 Å². The molecule has 1 aliphatic rings. The number of aromatic nitrogens is 3. The van der Waals surface area contributed by atoms with Gasteiger partial charge in [0.05, 0.1) is 0 Å². The molecule has 0 bridgehead atoms. The van der Waals surface area contributed by atoms with Crippen molar-refractivity contribution in [1.82, 2.24) is 20.1 Å². The van der Waals surface area contributed by atoms with Crippen LogP contribution in [0.25, 0.3) is 11.0 Å². The topological polar surface area (TPSA) is 57.3 Å². The molecule has 4 rings (SSSR count). The number of pyridine rings is 1. The summed E-state index contributed by atoms with van der Waals surface area (Å²) in [6, 6.07) is 8.11. The Morgan fingerprint density at radius 3 is 2.67 bits per heavy atom. The summed E-state index contributed by atoms with van der Waals surface area (Å²) in [7, 11) is 2.11. The molecule has 1 aromatic carbocycles. The van der Waals surface area contributed by atoms with Crippen LogP contribution in [0.4, 0.5) is 10.2 Å². The van der Waals surface area contributed by atoms with Crippen molar-refractivity contribution in [1.29, 1.82) is 0 Å². The van der Waals surface area contributed by atoms with Crippen LogP contribution in [-0.4, -0.2) is 53.3 Å². The van der Waals surface area contributed by atoms with Gasteiger partial charge in [0, 0.05) is 38.4 Å². The molecule has 124 valence electrons. The van der Waals surface area contributed by atoms with Crippen LogP contribution < -0.4 is 9.64 Å². The van der Waals surface area contributed by atoms with Gasteiger partial charge in [-0.05, 0) is 19.2 Å². The Balaban J connectivity index is 1.73. The Hall–Kier alpha value is -2.67. The van der Waals surface area contributed by atoms with Crippen LogP contribution in [0.15, 0.2) is 36.5 Å². The second kappa shape index (κ2) is 6.09. The van der Waals surface area contributed by atoms with E-state index in [9.17, 15) is 4.39 Å². The second-order valence-corrected chi connectivity index (χ2v) is 5.90. The monoisotopic (exact) mass is 327 g/mol. The van der Waals surface area contributed by atoms with E-state index in [0.29, 0.717) is 11.4 Å². The highest BCUT2D eigenvalue weighted by Crippen LogP contribution is 2.35. The van der Waals surface area contributed by atoms with E-state index < -0.39 is 5.82 Å². The molecule has 24 heavy (non-hydrogen) atoms. The first-order chi connectivity index (χ1) is 11.7. The number of anilines is 1. The Morgan fingerprint density at radius 1 is 1.08 bits per heavy atom. The van der Waals surface area contributed by atoms with E-state index in [2.05, 4.69) is 32.0 Å². The average molecular weight is 327 g/mol. The van der Waals surface area contributed by atoms with Crippen molar-refractivity contribution in [2.24, 2.45) is 0 Å². The van der Waals surface area contributed by atoms with Gasteiger partial charge in [-0.3, -0.25) is 5.10 Å². The summed E-state index contributed by atoms with van der Waals surface area (Å²) >= 11 is 0. The maximum absolute atomic E-state index is 13.9. The molecular weight excluding hydrogens is 309 g/mol. The zero-order valence-electron chi connectivity index (χ0n) is 13.4. The molecule has 0 amide bonds. The van der Waals surface area contributed by atoms with Crippen LogP contribution in [0.5, 0.6) is 11.5 Å². The number of fused-ring (bicyclic) bond motifs is 1. The van der Waals surface area contributed by atoms with Crippen LogP contribution >= 0.6 is 0 Å². The molecule has 0 aliphatic carbocycles. The number of nitrogens with zero attached hydrogens (tertiary/aromatic N) is 4. The highest BCUT2D eigenvalue weighted by Gasteiger charge is 2.22. The molecule has 0 saturated carbocycles. The first-order valence-electron chi connectivity index (χ1n) is 7.91. The predicted molar refractivity (Wildman–Crippen MR) is 90.1 cm³/mol. The van der Waals surface area contributed by atoms with Crippen molar-refractivity contribution in [3.63, 3.8) is 0 Å². The predicted octanol–water partition coefficient (Wildman–Crippen LogP) is 2.64. The molecule has 0 spiro atoms. The van der Waals surface area contributed by atoms with Crippen molar-refractivity contribution >= 4 is 16.9 Å². The molecule has 0 unspecified atom stereocenters. The van der Waals surface area contributed by atoms with Crippen LogP contribution in [0.1, 0.15) is 0 Å². The van der Waals surface area contributed by atoms with E-state index in [-0.39, 0.29) is 5.75 Å². The van der Waals surface area contributed by atoms with Gasteiger partial charge in [0.15, 0.2) is 23.0 Å². The second-order valence-electron chi connectivity index (χ2n) is 5.90. The summed E-state index contributed by atoms with van der Waals surface area (Å²) in [5, 5.41) is 8.14. The fourth-order valence-corrected chi connectivity index (χ4v) is 2.88. The number of benzene rings is 1. The van der Waals surface area contributed by atoms with E-state index in [0.717, 1.165) is 37.4 Å². The molecule has 1 fully saturated rings. The van der Waals surface area contributed by atoms with Crippen LogP contribution in [0.3, 0.4) is 0 Å². The minimum Gasteiger partial charge on any atom is -0.453 e. The quantitative estimate of drug-likeness (QED) is 0.801. The minimum absolute atomic E-state index is 0.190. The van der Waals surface area contributed by atoms with Crippen molar-refractivity contribution in [3.05, 3.63) is 42.3 Å². The molecule has 7 heteroatoms. The average Bonchev–Trinajstić information content (AvgIpc) is 3.03. The standard InChI is InChI=1S/C17H18FN5O/c1-22-8-10-23(11-9-22)17-15-14(6-7-19-16(15)20-21-17)24-13-5-3-2-4-12(13)18/h2-7H,8-11H2,1H3,(H,19,20,21). The third-order valence-electron chi connectivity index (χ3n) is 4.26. The van der Waals surface area contributed by atoms with E-state index in [1.54, 1.807) is 30.5 Å². The largest absolute Gasteiger partial charge is 0.453 e. The lowest BCUT2D eigenvalue weighted by molar-refractivity contribution is 0.312. The molecule has 1 saturated heterocycles. The maximum Gasteiger partial charge on any atom is 0.165 e. The summed E-state index contributed by atoms with van der Waals surface area (Å²) in [4.78, 5) is 8.79. The van der Waals surface area contributed by atoms with Crippen molar-refractivity contribution < 1.29 is 9.13 Å². The van der Waals surface area contributed by atoms with E-state index in [1.807, 2.05) is 0 Å². The molecule has 1 aliphatic heterocycles. The van der Waals surface area contributed by atoms with Crippen molar-refractivity contribution in [3.8, 4) is 11.5 Å². The molecule has 0 atom stereocenters. The highest BCUT2D eigenvalue weighted by molar-refractivity contribution is 5.93. The normalized spacial score (nSPS) is 15.8. The summed E-state index contributed by atoms with van der Waals surface area (Å²) < 4.78 is 19.7. The fraction of sp³-hybridized carbons (Fsp3) is 0.294. The van der Waals surface area contributed by atoms with Gasteiger partial charge in [0.2, 0.25) is 0 Å². The SMILES string of the molecule is CN1CCN(c2n[nH]c3nccc(Oc4ccccc4F)c23)CC1. The molecule has 6 nitrogen and oxygen atoms in total. The number of hydrogen-bond donors (Lipinski definition) is 1. The van der Waals surface area contributed by atoms with E-state index in [4.69, 9.17) is 4.74 Å². The van der Waals surface area contributed by atoms with Crippen molar-refractivity contribution in [2.45, 2.75) is 0 Å². The van der Waals surface area contributed by atoms with E-state index in [1.165, 1.54) is 6.07 Å². The number of halogens is 1. The number of likely N-dealkylation sites (N-methyl/N-ethyl adjacent to an activating group) is 1. The minimum atomic E-state index is -0.396. The van der Waals surface area contributed by atoms with Crippen LogP contribution in [0, 0.1) is 5.82 Å². The Morgan fingerprint density at radius 2 is 1.88 bits per heavy atom. The summed E-state index contributed by atoms with van der Waals surface area (Å²) in [6.45, 7) is 3.70. The fourth-order valence-electron chi connectivity index (χ4n) is 2.88. The van der Waals surface area contributed by atoms with Gasteiger partial charge in [-0.15, -0.1) is 0 Å². The van der Waals surface area contributed by atoms with Crippen LogP contribution in [0.2, 0.25) is 0 Å². The lowest BCUT2D eigenvalue weighted by Gasteiger charge is -2.32. The number of ether oxygens (including phenoxy) is 1. The maximum atomic E-state index is 13.9. The summed E-state index contributed by atoms with van der Waals surface area (Å²) in [5.41, 5.74) is 0.637. The number of piperazine rings is 1. The highest BCUT2D eigenvalue weighted by atomic mass is 19.1. The van der Waals surface area contributed by atoms with Crippen LogP contribution in [-0.2, 0) is 0 Å². The van der Waals surface area contributed by atoms with E-state index >= 15 is 0 Å². The first-order valence-corrected chi connectivity index (χ1v) is 7.91. The van der Waals surface area contributed by atoms with Gasteiger partial charge in [-0.25, -0.2) is 9.37 Å². The number of H-pyrrole nitrogens is 1. The first kappa shape index (κ1) is 14.9.